The van der Waals surface area contributed by atoms with Crippen LogP contribution in [-0.4, -0.2) is 12.6 Å². The average Bonchev–Trinajstić information content (AvgIpc) is 1.90. The Morgan fingerprint density at radius 2 is 2.22 bits per heavy atom. The highest BCUT2D eigenvalue weighted by Gasteiger charge is 2.14. The van der Waals surface area contributed by atoms with E-state index < -0.39 is 0 Å². The molecule has 0 spiro atoms. The number of nitrogens with one attached hydrogen (secondary N) is 1. The predicted molar refractivity (Wildman–Crippen MR) is 40.5 cm³/mol. The molecule has 2 atom stereocenters. The van der Waals surface area contributed by atoms with Crippen LogP contribution in [0.1, 0.15) is 33.1 Å². The molecule has 9 heavy (non-hydrogen) atoms. The summed E-state index contributed by atoms with van der Waals surface area (Å²) in [6, 6.07) is 0.771. The second kappa shape index (κ2) is 3.21. The lowest BCUT2D eigenvalue weighted by molar-refractivity contribution is 0.317. The van der Waals surface area contributed by atoms with Crippen molar-refractivity contribution in [3.63, 3.8) is 0 Å². The number of piperidine rings is 1. The highest BCUT2D eigenvalue weighted by atomic mass is 14.9. The molecule has 1 heterocycles. The van der Waals surface area contributed by atoms with Gasteiger partial charge in [-0.25, -0.2) is 0 Å². The van der Waals surface area contributed by atoms with Gasteiger partial charge in [0.05, 0.1) is 0 Å². The maximum atomic E-state index is 3.48. The SMILES string of the molecule is CC[C@@H]1CCC(C)NC1. The van der Waals surface area contributed by atoms with Crippen LogP contribution >= 0.6 is 0 Å². The van der Waals surface area contributed by atoms with Crippen LogP contribution in [0.2, 0.25) is 0 Å². The van der Waals surface area contributed by atoms with Gasteiger partial charge in [-0.15, -0.1) is 0 Å². The predicted octanol–water partition coefficient (Wildman–Crippen LogP) is 1.78. The molecule has 1 fully saturated rings. The monoisotopic (exact) mass is 127 g/mol. The zero-order valence-corrected chi connectivity index (χ0v) is 6.48. The lowest BCUT2D eigenvalue weighted by Gasteiger charge is -2.26. The summed E-state index contributed by atoms with van der Waals surface area (Å²) < 4.78 is 0. The van der Waals surface area contributed by atoms with Gasteiger partial charge in [0.15, 0.2) is 0 Å². The van der Waals surface area contributed by atoms with Gasteiger partial charge in [0.1, 0.15) is 0 Å². The molecule has 0 amide bonds. The van der Waals surface area contributed by atoms with E-state index in [4.69, 9.17) is 0 Å². The van der Waals surface area contributed by atoms with Crippen molar-refractivity contribution in [2.24, 2.45) is 5.92 Å². The number of rotatable bonds is 1. The lowest BCUT2D eigenvalue weighted by atomic mass is 9.94. The summed E-state index contributed by atoms with van der Waals surface area (Å²) in [5, 5.41) is 3.48. The minimum Gasteiger partial charge on any atom is -0.314 e. The molecule has 0 radical (unpaired) electrons. The van der Waals surface area contributed by atoms with E-state index in [-0.39, 0.29) is 0 Å². The average molecular weight is 127 g/mol. The molecule has 1 rings (SSSR count). The van der Waals surface area contributed by atoms with Crippen molar-refractivity contribution in [3.05, 3.63) is 0 Å². The van der Waals surface area contributed by atoms with Crippen molar-refractivity contribution in [2.45, 2.75) is 39.2 Å². The molecular weight excluding hydrogens is 110 g/mol. The van der Waals surface area contributed by atoms with Crippen molar-refractivity contribution in [2.75, 3.05) is 6.54 Å². The van der Waals surface area contributed by atoms with Crippen molar-refractivity contribution in [1.29, 1.82) is 0 Å². The number of hydrogen-bond donors (Lipinski definition) is 1. The van der Waals surface area contributed by atoms with Crippen LogP contribution in [-0.2, 0) is 0 Å². The quantitative estimate of drug-likeness (QED) is 0.566. The zero-order chi connectivity index (χ0) is 6.69. The van der Waals surface area contributed by atoms with Crippen molar-refractivity contribution in [3.8, 4) is 0 Å². The van der Waals surface area contributed by atoms with Crippen LogP contribution in [0.3, 0.4) is 0 Å². The van der Waals surface area contributed by atoms with Gasteiger partial charge in [0.25, 0.3) is 0 Å². The molecule has 0 aromatic carbocycles. The van der Waals surface area contributed by atoms with Gasteiger partial charge in [-0.2, -0.15) is 0 Å². The highest BCUT2D eigenvalue weighted by Crippen LogP contribution is 2.16. The fourth-order valence-corrected chi connectivity index (χ4v) is 1.41. The lowest BCUT2D eigenvalue weighted by Crippen LogP contribution is -2.36. The first-order valence-corrected chi connectivity index (χ1v) is 4.06. The first-order valence-electron chi connectivity index (χ1n) is 4.06. The van der Waals surface area contributed by atoms with Gasteiger partial charge in [-0.1, -0.05) is 13.3 Å². The molecule has 1 saturated heterocycles. The molecule has 0 aliphatic carbocycles. The van der Waals surface area contributed by atoms with Crippen LogP contribution in [0.4, 0.5) is 0 Å². The number of hydrogen-bond acceptors (Lipinski definition) is 1. The summed E-state index contributed by atoms with van der Waals surface area (Å²) in [5.41, 5.74) is 0. The summed E-state index contributed by atoms with van der Waals surface area (Å²) in [6.45, 7) is 5.80. The second-order valence-corrected chi connectivity index (χ2v) is 3.16. The van der Waals surface area contributed by atoms with Crippen molar-refractivity contribution >= 4 is 0 Å². The Kier molecular flexibility index (Phi) is 2.52. The highest BCUT2D eigenvalue weighted by molar-refractivity contribution is 4.73. The molecule has 1 nitrogen and oxygen atoms in total. The minimum atomic E-state index is 0.771. The topological polar surface area (TPSA) is 12.0 Å². The standard InChI is InChI=1S/C8H17N/c1-3-8-5-4-7(2)9-6-8/h7-9H,3-6H2,1-2H3/t7?,8-/m1/s1. The van der Waals surface area contributed by atoms with Crippen molar-refractivity contribution in [1.82, 2.24) is 5.32 Å². The first-order chi connectivity index (χ1) is 4.33. The Hall–Kier alpha value is -0.0400. The molecule has 54 valence electrons. The summed E-state index contributed by atoms with van der Waals surface area (Å²) in [5.74, 6) is 0.959. The van der Waals surface area contributed by atoms with Crippen LogP contribution in [0.15, 0.2) is 0 Å². The molecule has 0 aromatic heterocycles. The molecule has 1 unspecified atom stereocenters. The van der Waals surface area contributed by atoms with Crippen LogP contribution in [0.25, 0.3) is 0 Å². The van der Waals surface area contributed by atoms with Gasteiger partial charge in [0, 0.05) is 6.04 Å². The van der Waals surface area contributed by atoms with E-state index in [1.54, 1.807) is 0 Å². The fourth-order valence-electron chi connectivity index (χ4n) is 1.41. The summed E-state index contributed by atoms with van der Waals surface area (Å²) in [7, 11) is 0. The maximum absolute atomic E-state index is 3.48. The fraction of sp³-hybridized carbons (Fsp3) is 1.00. The molecule has 1 N–H and O–H groups in total. The Bertz CT molecular complexity index is 72.6. The van der Waals surface area contributed by atoms with E-state index in [0.717, 1.165) is 12.0 Å². The van der Waals surface area contributed by atoms with Crippen LogP contribution < -0.4 is 5.32 Å². The van der Waals surface area contributed by atoms with Gasteiger partial charge in [-0.05, 0) is 32.2 Å². The third-order valence-corrected chi connectivity index (χ3v) is 2.34. The summed E-state index contributed by atoms with van der Waals surface area (Å²) in [4.78, 5) is 0. The molecule has 1 heteroatoms. The Morgan fingerprint density at radius 3 is 2.67 bits per heavy atom. The van der Waals surface area contributed by atoms with E-state index in [2.05, 4.69) is 19.2 Å². The molecule has 1 aliphatic heterocycles. The molecule has 0 aromatic rings. The Morgan fingerprint density at radius 1 is 1.44 bits per heavy atom. The second-order valence-electron chi connectivity index (χ2n) is 3.16. The Balaban J connectivity index is 2.18. The summed E-state index contributed by atoms with van der Waals surface area (Å²) in [6.07, 6.45) is 4.16. The van der Waals surface area contributed by atoms with Crippen LogP contribution in [0.5, 0.6) is 0 Å². The van der Waals surface area contributed by atoms with Gasteiger partial charge in [-0.3, -0.25) is 0 Å². The third kappa shape index (κ3) is 1.98. The normalized spacial score (nSPS) is 36.7. The van der Waals surface area contributed by atoms with E-state index in [0.29, 0.717) is 0 Å². The van der Waals surface area contributed by atoms with Crippen molar-refractivity contribution < 1.29 is 0 Å². The molecular formula is C8H17N. The largest absolute Gasteiger partial charge is 0.314 e. The van der Waals surface area contributed by atoms with E-state index in [1.807, 2.05) is 0 Å². The third-order valence-electron chi connectivity index (χ3n) is 2.34. The smallest absolute Gasteiger partial charge is 0.00389 e. The molecule has 0 bridgehead atoms. The zero-order valence-electron chi connectivity index (χ0n) is 6.48. The van der Waals surface area contributed by atoms with E-state index >= 15 is 0 Å². The first kappa shape index (κ1) is 7.07. The maximum Gasteiger partial charge on any atom is 0.00389 e. The molecule has 0 saturated carbocycles. The minimum absolute atomic E-state index is 0.771. The van der Waals surface area contributed by atoms with Gasteiger partial charge < -0.3 is 5.32 Å². The Labute approximate surface area is 57.8 Å². The van der Waals surface area contributed by atoms with Gasteiger partial charge >= 0.3 is 0 Å². The van der Waals surface area contributed by atoms with Gasteiger partial charge in [0.2, 0.25) is 0 Å². The summed E-state index contributed by atoms with van der Waals surface area (Å²) >= 11 is 0. The molecule has 1 aliphatic rings. The van der Waals surface area contributed by atoms with E-state index in [1.165, 1.54) is 25.8 Å². The van der Waals surface area contributed by atoms with Crippen LogP contribution in [0, 0.1) is 5.92 Å². The van der Waals surface area contributed by atoms with E-state index in [9.17, 15) is 0 Å².